The van der Waals surface area contributed by atoms with Crippen LogP contribution in [0.15, 0.2) is 22.7 Å². The van der Waals surface area contributed by atoms with Crippen LogP contribution in [0.2, 0.25) is 0 Å². The third-order valence-electron chi connectivity index (χ3n) is 3.16. The number of aryl methyl sites for hydroxylation is 1. The van der Waals surface area contributed by atoms with Crippen LogP contribution in [0.1, 0.15) is 18.3 Å². The minimum absolute atomic E-state index is 0.788. The van der Waals surface area contributed by atoms with Crippen molar-refractivity contribution in [1.82, 2.24) is 9.97 Å². The molecule has 0 aliphatic heterocycles. The first-order chi connectivity index (χ1) is 10.1. The highest BCUT2D eigenvalue weighted by molar-refractivity contribution is 9.10. The Morgan fingerprint density at radius 3 is 2.52 bits per heavy atom. The van der Waals surface area contributed by atoms with Gasteiger partial charge in [0.15, 0.2) is 0 Å². The average Bonchev–Trinajstić information content (AvgIpc) is 2.49. The molecular weight excluding hydrogens is 332 g/mol. The number of anilines is 3. The number of rotatable bonds is 5. The zero-order chi connectivity index (χ0) is 15.4. The van der Waals surface area contributed by atoms with E-state index in [1.54, 1.807) is 7.11 Å². The Morgan fingerprint density at radius 1 is 1.24 bits per heavy atom. The molecule has 1 aromatic heterocycles. The summed E-state index contributed by atoms with van der Waals surface area (Å²) in [5.74, 6) is 3.25. The summed E-state index contributed by atoms with van der Waals surface area (Å²) in [4.78, 5) is 9.02. The fraction of sp³-hybridized carbons (Fsp3) is 0.333. The number of hydrogen-bond acceptors (Lipinski definition) is 5. The van der Waals surface area contributed by atoms with Gasteiger partial charge in [-0.25, -0.2) is 9.97 Å². The van der Waals surface area contributed by atoms with Crippen molar-refractivity contribution in [3.63, 3.8) is 0 Å². The van der Waals surface area contributed by atoms with Crippen LogP contribution in [0, 0.1) is 6.92 Å². The van der Waals surface area contributed by atoms with Crippen molar-refractivity contribution < 1.29 is 4.74 Å². The Kier molecular flexibility index (Phi) is 5.01. The lowest BCUT2D eigenvalue weighted by molar-refractivity contribution is 0.412. The first-order valence-electron chi connectivity index (χ1n) is 6.74. The van der Waals surface area contributed by atoms with E-state index in [2.05, 4.69) is 36.5 Å². The summed E-state index contributed by atoms with van der Waals surface area (Å²) in [6.07, 6.45) is 0.788. The summed E-state index contributed by atoms with van der Waals surface area (Å²) in [6.45, 7) is 4.03. The van der Waals surface area contributed by atoms with Gasteiger partial charge in [0, 0.05) is 24.7 Å². The predicted molar refractivity (Wildman–Crippen MR) is 89.7 cm³/mol. The second-order valence-corrected chi connectivity index (χ2v) is 5.39. The Hall–Kier alpha value is -1.82. The lowest BCUT2D eigenvalue weighted by Crippen LogP contribution is -2.06. The molecule has 0 saturated heterocycles. The second kappa shape index (κ2) is 6.76. The monoisotopic (exact) mass is 350 g/mol. The Bertz CT molecular complexity index is 646. The van der Waals surface area contributed by atoms with E-state index in [1.807, 2.05) is 39.1 Å². The summed E-state index contributed by atoms with van der Waals surface area (Å²) in [7, 11) is 3.51. The summed E-state index contributed by atoms with van der Waals surface area (Å²) >= 11 is 3.49. The van der Waals surface area contributed by atoms with Crippen LogP contribution in [0.5, 0.6) is 5.75 Å². The van der Waals surface area contributed by atoms with Gasteiger partial charge in [0.1, 0.15) is 23.2 Å². The topological polar surface area (TPSA) is 59.1 Å². The van der Waals surface area contributed by atoms with E-state index >= 15 is 0 Å². The van der Waals surface area contributed by atoms with Crippen LogP contribution < -0.4 is 15.4 Å². The number of ether oxygens (including phenoxy) is 1. The molecule has 1 heterocycles. The van der Waals surface area contributed by atoms with Gasteiger partial charge < -0.3 is 15.4 Å². The highest BCUT2D eigenvalue weighted by Crippen LogP contribution is 2.30. The number of hydrogen-bond donors (Lipinski definition) is 2. The molecule has 0 amide bonds. The maximum Gasteiger partial charge on any atom is 0.139 e. The van der Waals surface area contributed by atoms with Gasteiger partial charge in [0.05, 0.1) is 11.6 Å². The Morgan fingerprint density at radius 2 is 1.95 bits per heavy atom. The van der Waals surface area contributed by atoms with Gasteiger partial charge in [0.2, 0.25) is 0 Å². The summed E-state index contributed by atoms with van der Waals surface area (Å²) in [5, 5.41) is 6.44. The van der Waals surface area contributed by atoms with E-state index in [4.69, 9.17) is 4.74 Å². The maximum atomic E-state index is 5.24. The Labute approximate surface area is 133 Å². The summed E-state index contributed by atoms with van der Waals surface area (Å²) in [6, 6.07) is 5.82. The van der Waals surface area contributed by atoms with Gasteiger partial charge in [0.25, 0.3) is 0 Å². The van der Waals surface area contributed by atoms with Crippen molar-refractivity contribution in [2.75, 3.05) is 24.8 Å². The molecule has 2 rings (SSSR count). The molecule has 6 heteroatoms. The normalized spacial score (nSPS) is 10.3. The van der Waals surface area contributed by atoms with E-state index in [0.717, 1.165) is 45.4 Å². The van der Waals surface area contributed by atoms with Crippen molar-refractivity contribution in [3.05, 3.63) is 34.1 Å². The first kappa shape index (κ1) is 15.6. The second-order valence-electron chi connectivity index (χ2n) is 4.54. The fourth-order valence-corrected chi connectivity index (χ4v) is 2.51. The third-order valence-corrected chi connectivity index (χ3v) is 3.78. The highest BCUT2D eigenvalue weighted by Gasteiger charge is 2.10. The SMILES string of the molecule is CCc1nc(NC)c(C)c(Nc2ccc(OC)c(Br)c2)n1. The van der Waals surface area contributed by atoms with Crippen molar-refractivity contribution in [2.45, 2.75) is 20.3 Å². The first-order valence-corrected chi connectivity index (χ1v) is 7.54. The van der Waals surface area contributed by atoms with E-state index in [1.165, 1.54) is 0 Å². The van der Waals surface area contributed by atoms with Crippen LogP contribution in [0.4, 0.5) is 17.3 Å². The van der Waals surface area contributed by atoms with Crippen LogP contribution in [0.3, 0.4) is 0 Å². The molecule has 2 aromatic rings. The standard InChI is InChI=1S/C15H19BrN4O/c1-5-13-19-14(17-3)9(2)15(20-13)18-10-6-7-12(21-4)11(16)8-10/h6-8H,5H2,1-4H3,(H2,17,18,19,20). The molecule has 0 atom stereocenters. The van der Waals surface area contributed by atoms with Crippen molar-refractivity contribution in [1.29, 1.82) is 0 Å². The van der Waals surface area contributed by atoms with Gasteiger partial charge in [-0.15, -0.1) is 0 Å². The smallest absolute Gasteiger partial charge is 0.139 e. The molecule has 0 unspecified atom stereocenters. The lowest BCUT2D eigenvalue weighted by Gasteiger charge is -2.14. The molecule has 0 fully saturated rings. The lowest BCUT2D eigenvalue weighted by atomic mass is 10.2. The average molecular weight is 351 g/mol. The van der Waals surface area contributed by atoms with Crippen molar-refractivity contribution in [2.24, 2.45) is 0 Å². The van der Waals surface area contributed by atoms with Gasteiger partial charge in [-0.1, -0.05) is 6.92 Å². The number of methoxy groups -OCH3 is 1. The van der Waals surface area contributed by atoms with Gasteiger partial charge in [-0.2, -0.15) is 0 Å². The number of aromatic nitrogens is 2. The number of nitrogens with zero attached hydrogens (tertiary/aromatic N) is 2. The minimum atomic E-state index is 0.788. The molecule has 0 bridgehead atoms. The number of benzene rings is 1. The zero-order valence-electron chi connectivity index (χ0n) is 12.6. The van der Waals surface area contributed by atoms with Crippen molar-refractivity contribution in [3.8, 4) is 5.75 Å². The molecule has 0 aliphatic rings. The summed E-state index contributed by atoms with van der Waals surface area (Å²) < 4.78 is 6.13. The van der Waals surface area contributed by atoms with Crippen molar-refractivity contribution >= 4 is 33.3 Å². The molecule has 21 heavy (non-hydrogen) atoms. The van der Waals surface area contributed by atoms with Crippen LogP contribution in [-0.2, 0) is 6.42 Å². The molecule has 0 spiro atoms. The quantitative estimate of drug-likeness (QED) is 0.856. The third kappa shape index (κ3) is 3.44. The van der Waals surface area contributed by atoms with E-state index in [-0.39, 0.29) is 0 Å². The van der Waals surface area contributed by atoms with E-state index in [0.29, 0.717) is 0 Å². The zero-order valence-corrected chi connectivity index (χ0v) is 14.2. The molecule has 112 valence electrons. The minimum Gasteiger partial charge on any atom is -0.496 e. The fourth-order valence-electron chi connectivity index (χ4n) is 1.97. The van der Waals surface area contributed by atoms with Gasteiger partial charge >= 0.3 is 0 Å². The van der Waals surface area contributed by atoms with E-state index < -0.39 is 0 Å². The molecule has 0 aliphatic carbocycles. The maximum absolute atomic E-state index is 5.24. The number of nitrogens with one attached hydrogen (secondary N) is 2. The molecular formula is C15H19BrN4O. The van der Waals surface area contributed by atoms with Crippen LogP contribution in [0.25, 0.3) is 0 Å². The molecule has 0 saturated carbocycles. The molecule has 2 N–H and O–H groups in total. The van der Waals surface area contributed by atoms with E-state index in [9.17, 15) is 0 Å². The van der Waals surface area contributed by atoms with Gasteiger partial charge in [-0.05, 0) is 41.1 Å². The Balaban J connectivity index is 2.36. The predicted octanol–water partition coefficient (Wildman–Crippen LogP) is 3.90. The molecule has 5 nitrogen and oxygen atoms in total. The highest BCUT2D eigenvalue weighted by atomic mass is 79.9. The van der Waals surface area contributed by atoms with Crippen LogP contribution in [-0.4, -0.2) is 24.1 Å². The largest absolute Gasteiger partial charge is 0.496 e. The van der Waals surface area contributed by atoms with Gasteiger partial charge in [-0.3, -0.25) is 0 Å². The number of halogens is 1. The summed E-state index contributed by atoms with van der Waals surface area (Å²) in [5.41, 5.74) is 1.93. The molecule has 1 aromatic carbocycles. The molecule has 0 radical (unpaired) electrons. The van der Waals surface area contributed by atoms with Crippen LogP contribution >= 0.6 is 15.9 Å².